The fourth-order valence-electron chi connectivity index (χ4n) is 3.12. The minimum atomic E-state index is -0.527. The Bertz CT molecular complexity index is 719. The van der Waals surface area contributed by atoms with Gasteiger partial charge in [0.05, 0.1) is 6.42 Å². The molecule has 1 atom stereocenters. The van der Waals surface area contributed by atoms with Crippen LogP contribution in [0.5, 0.6) is 0 Å². The molecule has 0 bridgehead atoms. The van der Waals surface area contributed by atoms with Gasteiger partial charge in [-0.05, 0) is 17.5 Å². The highest BCUT2D eigenvalue weighted by Crippen LogP contribution is 2.16. The quantitative estimate of drug-likeness (QED) is 0.776. The van der Waals surface area contributed by atoms with Gasteiger partial charge in [-0.15, -0.1) is 0 Å². The first-order valence-corrected chi connectivity index (χ1v) is 8.97. The number of nitrogens with one attached hydrogen (secondary N) is 1. The molecule has 1 saturated heterocycles. The Hall–Kier alpha value is -2.66. The second kappa shape index (κ2) is 9.15. The Labute approximate surface area is 154 Å². The third-order valence-corrected chi connectivity index (χ3v) is 4.52. The second-order valence-corrected chi connectivity index (χ2v) is 6.43. The van der Waals surface area contributed by atoms with E-state index in [1.165, 1.54) is 5.56 Å². The second-order valence-electron chi connectivity index (χ2n) is 6.43. The van der Waals surface area contributed by atoms with Gasteiger partial charge in [-0.25, -0.2) is 0 Å². The van der Waals surface area contributed by atoms with Crippen LogP contribution in [-0.2, 0) is 27.3 Å². The summed E-state index contributed by atoms with van der Waals surface area (Å²) in [6, 6.07) is 19.4. The normalized spacial score (nSPS) is 17.5. The monoisotopic (exact) mass is 352 g/mol. The molecule has 1 aliphatic rings. The van der Waals surface area contributed by atoms with Gasteiger partial charge in [0.2, 0.25) is 5.91 Å². The van der Waals surface area contributed by atoms with Crippen LogP contribution < -0.4 is 5.32 Å². The molecule has 0 saturated carbocycles. The van der Waals surface area contributed by atoms with Crippen LogP contribution in [0.4, 0.5) is 0 Å². The highest BCUT2D eigenvalue weighted by atomic mass is 16.5. The lowest BCUT2D eigenvalue weighted by molar-refractivity contribution is -0.159. The van der Waals surface area contributed by atoms with E-state index in [0.29, 0.717) is 26.2 Å². The van der Waals surface area contributed by atoms with Crippen molar-refractivity contribution in [3.63, 3.8) is 0 Å². The summed E-state index contributed by atoms with van der Waals surface area (Å²) in [5.74, 6) is -0.437. The van der Waals surface area contributed by atoms with E-state index in [0.717, 1.165) is 12.0 Å². The first kappa shape index (κ1) is 18.1. The molecule has 1 aliphatic heterocycles. The molecule has 136 valence electrons. The molecule has 1 amide bonds. The number of benzene rings is 2. The molecule has 0 radical (unpaired) electrons. The average Bonchev–Trinajstić information content (AvgIpc) is 2.66. The van der Waals surface area contributed by atoms with Crippen molar-refractivity contribution < 1.29 is 14.3 Å². The van der Waals surface area contributed by atoms with E-state index < -0.39 is 6.04 Å². The van der Waals surface area contributed by atoms with Gasteiger partial charge in [0.25, 0.3) is 0 Å². The van der Waals surface area contributed by atoms with E-state index in [2.05, 4.69) is 5.32 Å². The lowest BCUT2D eigenvalue weighted by atomic mass is 10.1. The van der Waals surface area contributed by atoms with E-state index >= 15 is 0 Å². The highest BCUT2D eigenvalue weighted by Gasteiger charge is 2.33. The highest BCUT2D eigenvalue weighted by molar-refractivity contribution is 5.85. The third-order valence-electron chi connectivity index (χ3n) is 4.52. The fraction of sp³-hybridized carbons (Fsp3) is 0.333. The molecule has 26 heavy (non-hydrogen) atoms. The first-order chi connectivity index (χ1) is 12.7. The molecule has 1 heterocycles. The van der Waals surface area contributed by atoms with Gasteiger partial charge in [0.15, 0.2) is 0 Å². The molecular formula is C21H24N2O3. The van der Waals surface area contributed by atoms with Crippen molar-refractivity contribution in [2.45, 2.75) is 25.4 Å². The van der Waals surface area contributed by atoms with Crippen LogP contribution in [-0.4, -0.2) is 42.5 Å². The van der Waals surface area contributed by atoms with Crippen LogP contribution in [0, 0.1) is 0 Å². The van der Waals surface area contributed by atoms with Crippen molar-refractivity contribution in [2.24, 2.45) is 0 Å². The number of hydrogen-bond acceptors (Lipinski definition) is 4. The van der Waals surface area contributed by atoms with Crippen LogP contribution in [0.3, 0.4) is 0 Å². The van der Waals surface area contributed by atoms with Crippen molar-refractivity contribution in [1.82, 2.24) is 10.2 Å². The summed E-state index contributed by atoms with van der Waals surface area (Å²) < 4.78 is 5.17. The van der Waals surface area contributed by atoms with Crippen molar-refractivity contribution in [3.8, 4) is 0 Å². The number of amides is 1. The van der Waals surface area contributed by atoms with Crippen molar-refractivity contribution in [2.75, 3.05) is 19.7 Å². The van der Waals surface area contributed by atoms with Gasteiger partial charge in [-0.2, -0.15) is 0 Å². The SMILES string of the molecule is O=C(C[C@H]1C(=O)OCCN1Cc1ccccc1)NCCc1ccccc1. The maximum absolute atomic E-state index is 12.3. The Balaban J connectivity index is 1.52. The molecule has 1 fully saturated rings. The Morgan fingerprint density at radius 2 is 1.69 bits per heavy atom. The molecule has 2 aromatic carbocycles. The lowest BCUT2D eigenvalue weighted by Crippen LogP contribution is -2.50. The van der Waals surface area contributed by atoms with Crippen molar-refractivity contribution >= 4 is 11.9 Å². The molecule has 0 aliphatic carbocycles. The number of esters is 1. The Kier molecular flexibility index (Phi) is 6.39. The molecule has 0 aromatic heterocycles. The minimum Gasteiger partial charge on any atom is -0.463 e. The Morgan fingerprint density at radius 1 is 1.04 bits per heavy atom. The van der Waals surface area contributed by atoms with E-state index in [-0.39, 0.29) is 18.3 Å². The fourth-order valence-corrected chi connectivity index (χ4v) is 3.12. The first-order valence-electron chi connectivity index (χ1n) is 8.97. The predicted octanol–water partition coefficient (Wildman–Crippen LogP) is 2.16. The predicted molar refractivity (Wildman–Crippen MR) is 99.4 cm³/mol. The number of cyclic esters (lactones) is 1. The van der Waals surface area contributed by atoms with Crippen LogP contribution in [0.1, 0.15) is 17.5 Å². The molecule has 5 nitrogen and oxygen atoms in total. The van der Waals surface area contributed by atoms with Crippen LogP contribution in [0.2, 0.25) is 0 Å². The number of carbonyl (C=O) groups is 2. The Morgan fingerprint density at radius 3 is 2.38 bits per heavy atom. The molecule has 3 rings (SSSR count). The average molecular weight is 352 g/mol. The lowest BCUT2D eigenvalue weighted by Gasteiger charge is -2.33. The van der Waals surface area contributed by atoms with Gasteiger partial charge < -0.3 is 10.1 Å². The molecule has 0 spiro atoms. The van der Waals surface area contributed by atoms with E-state index in [9.17, 15) is 9.59 Å². The van der Waals surface area contributed by atoms with Gasteiger partial charge in [-0.3, -0.25) is 14.5 Å². The summed E-state index contributed by atoms with van der Waals surface area (Å²) in [4.78, 5) is 26.5. The number of hydrogen-bond donors (Lipinski definition) is 1. The van der Waals surface area contributed by atoms with Crippen LogP contribution in [0.25, 0.3) is 0 Å². The summed E-state index contributed by atoms with van der Waals surface area (Å²) in [7, 11) is 0. The zero-order chi connectivity index (χ0) is 18.2. The maximum atomic E-state index is 12.3. The number of morpholine rings is 1. The van der Waals surface area contributed by atoms with Gasteiger partial charge in [0.1, 0.15) is 12.6 Å². The molecule has 1 N–H and O–H groups in total. The summed E-state index contributed by atoms with van der Waals surface area (Å²) in [5.41, 5.74) is 2.30. The largest absolute Gasteiger partial charge is 0.463 e. The third kappa shape index (κ3) is 5.17. The molecule has 5 heteroatoms. The van der Waals surface area contributed by atoms with Gasteiger partial charge in [0, 0.05) is 19.6 Å². The maximum Gasteiger partial charge on any atom is 0.323 e. The van der Waals surface area contributed by atoms with E-state index in [4.69, 9.17) is 4.74 Å². The number of nitrogens with zero attached hydrogens (tertiary/aromatic N) is 1. The zero-order valence-corrected chi connectivity index (χ0v) is 14.8. The number of carbonyl (C=O) groups excluding carboxylic acids is 2. The van der Waals surface area contributed by atoms with Crippen LogP contribution in [0.15, 0.2) is 60.7 Å². The van der Waals surface area contributed by atoms with Crippen LogP contribution >= 0.6 is 0 Å². The number of rotatable bonds is 7. The molecular weight excluding hydrogens is 328 g/mol. The summed E-state index contributed by atoms with van der Waals surface area (Å²) in [6.45, 7) is 2.21. The van der Waals surface area contributed by atoms with E-state index in [1.807, 2.05) is 65.6 Å². The zero-order valence-electron chi connectivity index (χ0n) is 14.8. The topological polar surface area (TPSA) is 58.6 Å². The standard InChI is InChI=1S/C21H24N2O3/c24-20(22-12-11-17-7-3-1-4-8-17)15-19-21(25)26-14-13-23(19)16-18-9-5-2-6-10-18/h1-10,19H,11-16H2,(H,22,24)/t19-/m0/s1. The summed E-state index contributed by atoms with van der Waals surface area (Å²) in [6.07, 6.45) is 0.899. The smallest absolute Gasteiger partial charge is 0.323 e. The molecule has 2 aromatic rings. The summed E-state index contributed by atoms with van der Waals surface area (Å²) >= 11 is 0. The molecule has 0 unspecified atom stereocenters. The van der Waals surface area contributed by atoms with E-state index in [1.54, 1.807) is 0 Å². The van der Waals surface area contributed by atoms with Gasteiger partial charge >= 0.3 is 5.97 Å². The van der Waals surface area contributed by atoms with Gasteiger partial charge in [-0.1, -0.05) is 60.7 Å². The minimum absolute atomic E-state index is 0.122. The van der Waals surface area contributed by atoms with Crippen molar-refractivity contribution in [1.29, 1.82) is 0 Å². The summed E-state index contributed by atoms with van der Waals surface area (Å²) in [5, 5.41) is 2.91. The van der Waals surface area contributed by atoms with Crippen molar-refractivity contribution in [3.05, 3.63) is 71.8 Å². The number of ether oxygens (including phenoxy) is 1.